The van der Waals surface area contributed by atoms with E-state index >= 15 is 0 Å². The first kappa shape index (κ1) is 14.1. The largest absolute Gasteiger partial charge is 0.444 e. The molecule has 1 aromatic rings. The minimum atomic E-state index is -3.30. The number of hydrogen-bond acceptors (Lipinski definition) is 5. The van der Waals surface area contributed by atoms with Crippen molar-refractivity contribution in [1.29, 1.82) is 0 Å². The molecule has 0 aliphatic rings. The fourth-order valence-corrected chi connectivity index (χ4v) is 2.73. The Morgan fingerprint density at radius 1 is 1.53 bits per heavy atom. The molecule has 6 nitrogen and oxygen atoms in total. The molecule has 1 heterocycles. The van der Waals surface area contributed by atoms with Crippen LogP contribution in [0.3, 0.4) is 0 Å². The molecule has 0 aromatic carbocycles. The van der Waals surface area contributed by atoms with Crippen molar-refractivity contribution in [2.24, 2.45) is 5.73 Å². The number of unbranched alkanes of at least 4 members (excludes halogenated alkanes) is 1. The summed E-state index contributed by atoms with van der Waals surface area (Å²) in [6.45, 7) is 3.97. The number of nitrogens with two attached hydrogens (primary N) is 1. The summed E-state index contributed by atoms with van der Waals surface area (Å²) in [7, 11) is -3.30. The molecule has 0 bridgehead atoms. The SMILES string of the molecule is Cc1cnc(C(C)NS(=O)(=O)CCCCN)o1. The van der Waals surface area contributed by atoms with Crippen molar-refractivity contribution in [2.45, 2.75) is 32.7 Å². The number of hydrogen-bond donors (Lipinski definition) is 2. The van der Waals surface area contributed by atoms with Gasteiger partial charge < -0.3 is 10.2 Å². The molecule has 1 rings (SSSR count). The maximum atomic E-state index is 11.7. The first-order valence-electron chi connectivity index (χ1n) is 5.57. The second-order valence-electron chi connectivity index (χ2n) is 3.96. The maximum absolute atomic E-state index is 11.7. The highest BCUT2D eigenvalue weighted by Gasteiger charge is 2.18. The second-order valence-corrected chi connectivity index (χ2v) is 5.84. The summed E-state index contributed by atoms with van der Waals surface area (Å²) in [6, 6.07) is -0.452. The Balaban J connectivity index is 2.52. The summed E-state index contributed by atoms with van der Waals surface area (Å²) in [4.78, 5) is 3.98. The molecule has 98 valence electrons. The van der Waals surface area contributed by atoms with Crippen LogP contribution in [0, 0.1) is 6.92 Å². The van der Waals surface area contributed by atoms with E-state index in [0.717, 1.165) is 0 Å². The predicted molar refractivity (Wildman–Crippen MR) is 64.9 cm³/mol. The Morgan fingerprint density at radius 2 is 2.24 bits per heavy atom. The van der Waals surface area contributed by atoms with Gasteiger partial charge in [-0.1, -0.05) is 0 Å². The highest BCUT2D eigenvalue weighted by Crippen LogP contribution is 2.13. The highest BCUT2D eigenvalue weighted by atomic mass is 32.2. The Hall–Kier alpha value is -0.920. The molecule has 1 aromatic heterocycles. The van der Waals surface area contributed by atoms with Crippen molar-refractivity contribution in [3.8, 4) is 0 Å². The molecule has 0 spiro atoms. The van der Waals surface area contributed by atoms with Crippen LogP contribution in [-0.4, -0.2) is 25.7 Å². The summed E-state index contributed by atoms with van der Waals surface area (Å²) in [5.74, 6) is 1.12. The molecule has 3 N–H and O–H groups in total. The Morgan fingerprint density at radius 3 is 2.76 bits per heavy atom. The van der Waals surface area contributed by atoms with Gasteiger partial charge in [-0.25, -0.2) is 18.1 Å². The van der Waals surface area contributed by atoms with Crippen molar-refractivity contribution in [3.05, 3.63) is 17.8 Å². The second kappa shape index (κ2) is 6.13. The van der Waals surface area contributed by atoms with Crippen LogP contribution in [0.2, 0.25) is 0 Å². The number of sulfonamides is 1. The third-order valence-corrected chi connectivity index (χ3v) is 3.77. The summed E-state index contributed by atoms with van der Waals surface area (Å²) >= 11 is 0. The van der Waals surface area contributed by atoms with Gasteiger partial charge in [-0.05, 0) is 33.2 Å². The lowest BCUT2D eigenvalue weighted by molar-refractivity contribution is 0.427. The summed E-state index contributed by atoms with van der Waals surface area (Å²) in [5.41, 5.74) is 5.31. The molecule has 0 amide bonds. The van der Waals surface area contributed by atoms with Gasteiger partial charge in [0.25, 0.3) is 0 Å². The number of nitrogens with zero attached hydrogens (tertiary/aromatic N) is 1. The Labute approximate surface area is 102 Å². The quantitative estimate of drug-likeness (QED) is 0.704. The van der Waals surface area contributed by atoms with Gasteiger partial charge in [0.2, 0.25) is 15.9 Å². The van der Waals surface area contributed by atoms with E-state index in [1.165, 1.54) is 0 Å². The van der Waals surface area contributed by atoms with Crippen molar-refractivity contribution in [2.75, 3.05) is 12.3 Å². The molecule has 0 aliphatic carbocycles. The lowest BCUT2D eigenvalue weighted by Crippen LogP contribution is -2.29. The molecular weight excluding hydrogens is 242 g/mol. The van der Waals surface area contributed by atoms with Gasteiger partial charge >= 0.3 is 0 Å². The Bertz CT molecular complexity index is 441. The third kappa shape index (κ3) is 4.84. The van der Waals surface area contributed by atoms with Crippen molar-refractivity contribution >= 4 is 10.0 Å². The van der Waals surface area contributed by atoms with Crippen molar-refractivity contribution in [1.82, 2.24) is 9.71 Å². The van der Waals surface area contributed by atoms with Crippen LogP contribution in [0.5, 0.6) is 0 Å². The van der Waals surface area contributed by atoms with Crippen molar-refractivity contribution < 1.29 is 12.8 Å². The molecule has 0 fully saturated rings. The van der Waals surface area contributed by atoms with Gasteiger partial charge in [-0.3, -0.25) is 0 Å². The van der Waals surface area contributed by atoms with Gasteiger partial charge in [0, 0.05) is 0 Å². The zero-order chi connectivity index (χ0) is 12.9. The lowest BCUT2D eigenvalue weighted by Gasteiger charge is -2.10. The molecular formula is C10H19N3O3S. The van der Waals surface area contributed by atoms with Crippen LogP contribution < -0.4 is 10.5 Å². The minimum absolute atomic E-state index is 0.0776. The van der Waals surface area contributed by atoms with Gasteiger partial charge in [-0.15, -0.1) is 0 Å². The van der Waals surface area contributed by atoms with Crippen LogP contribution in [0.25, 0.3) is 0 Å². The first-order valence-corrected chi connectivity index (χ1v) is 7.22. The van der Waals surface area contributed by atoms with E-state index < -0.39 is 16.1 Å². The van der Waals surface area contributed by atoms with E-state index in [1.54, 1.807) is 20.0 Å². The average molecular weight is 261 g/mol. The smallest absolute Gasteiger partial charge is 0.212 e. The number of nitrogens with one attached hydrogen (secondary N) is 1. The zero-order valence-electron chi connectivity index (χ0n) is 10.1. The van der Waals surface area contributed by atoms with Crippen LogP contribution in [-0.2, 0) is 10.0 Å². The van der Waals surface area contributed by atoms with Gasteiger partial charge in [0.15, 0.2) is 0 Å². The van der Waals surface area contributed by atoms with E-state index in [0.29, 0.717) is 31.0 Å². The van der Waals surface area contributed by atoms with Gasteiger partial charge in [-0.2, -0.15) is 0 Å². The van der Waals surface area contributed by atoms with Gasteiger partial charge in [0.1, 0.15) is 5.76 Å². The number of rotatable bonds is 7. The fourth-order valence-electron chi connectivity index (χ4n) is 1.39. The van der Waals surface area contributed by atoms with Gasteiger partial charge in [0.05, 0.1) is 18.0 Å². The lowest BCUT2D eigenvalue weighted by atomic mass is 10.3. The van der Waals surface area contributed by atoms with E-state index in [2.05, 4.69) is 9.71 Å². The molecule has 0 saturated carbocycles. The number of aryl methyl sites for hydroxylation is 1. The molecule has 1 unspecified atom stereocenters. The monoisotopic (exact) mass is 261 g/mol. The summed E-state index contributed by atoms with van der Waals surface area (Å²) in [6.07, 6.45) is 2.82. The van der Waals surface area contributed by atoms with E-state index in [4.69, 9.17) is 10.2 Å². The average Bonchev–Trinajstić information content (AvgIpc) is 2.64. The zero-order valence-corrected chi connectivity index (χ0v) is 11.0. The molecule has 17 heavy (non-hydrogen) atoms. The van der Waals surface area contributed by atoms with Crippen LogP contribution in [0.15, 0.2) is 10.6 Å². The standard InChI is InChI=1S/C10H19N3O3S/c1-8-7-12-10(16-8)9(2)13-17(14,15)6-4-3-5-11/h7,9,13H,3-6,11H2,1-2H3. The molecule has 7 heteroatoms. The topological polar surface area (TPSA) is 98.2 Å². The highest BCUT2D eigenvalue weighted by molar-refractivity contribution is 7.89. The van der Waals surface area contributed by atoms with E-state index in [9.17, 15) is 8.42 Å². The van der Waals surface area contributed by atoms with E-state index in [-0.39, 0.29) is 5.75 Å². The van der Waals surface area contributed by atoms with E-state index in [1.807, 2.05) is 0 Å². The molecule has 0 saturated heterocycles. The predicted octanol–water partition coefficient (Wildman–Crippen LogP) is 0.702. The normalized spacial score (nSPS) is 13.8. The molecule has 0 radical (unpaired) electrons. The first-order chi connectivity index (χ1) is 7.94. The van der Waals surface area contributed by atoms with Crippen LogP contribution in [0.4, 0.5) is 0 Å². The van der Waals surface area contributed by atoms with Crippen LogP contribution >= 0.6 is 0 Å². The van der Waals surface area contributed by atoms with Crippen LogP contribution in [0.1, 0.15) is 37.5 Å². The summed E-state index contributed by atoms with van der Waals surface area (Å²) in [5, 5.41) is 0. The molecule has 0 aliphatic heterocycles. The Kier molecular flexibility index (Phi) is 5.10. The minimum Gasteiger partial charge on any atom is -0.444 e. The summed E-state index contributed by atoms with van der Waals surface area (Å²) < 4.78 is 31.1. The maximum Gasteiger partial charge on any atom is 0.212 e. The molecule has 1 atom stereocenters. The fraction of sp³-hybridized carbons (Fsp3) is 0.700. The number of aromatic nitrogens is 1. The third-order valence-electron chi connectivity index (χ3n) is 2.23. The number of oxazole rings is 1. The van der Waals surface area contributed by atoms with Crippen molar-refractivity contribution in [3.63, 3.8) is 0 Å².